The Morgan fingerprint density at radius 2 is 1.89 bits per heavy atom. The first-order valence-corrected chi connectivity index (χ1v) is 7.21. The highest BCUT2D eigenvalue weighted by atomic mass is 16.1. The molecule has 1 aliphatic heterocycles. The number of likely N-dealkylation sites (N-methyl/N-ethyl adjacent to an activating group) is 1. The molecule has 1 aliphatic rings. The molecule has 0 bridgehead atoms. The molecule has 3 nitrogen and oxygen atoms in total. The summed E-state index contributed by atoms with van der Waals surface area (Å²) in [7, 11) is 2.08. The number of piperidine rings is 1. The monoisotopic (exact) mass is 260 g/mol. The van der Waals surface area contributed by atoms with Crippen LogP contribution >= 0.6 is 0 Å². The molecule has 0 aliphatic carbocycles. The molecule has 1 aromatic carbocycles. The van der Waals surface area contributed by atoms with Gasteiger partial charge in [0.15, 0.2) is 5.78 Å². The summed E-state index contributed by atoms with van der Waals surface area (Å²) in [6.07, 6.45) is 2.35. The zero-order valence-electron chi connectivity index (χ0n) is 12.0. The minimum absolute atomic E-state index is 0.223. The van der Waals surface area contributed by atoms with Gasteiger partial charge >= 0.3 is 0 Å². The van der Waals surface area contributed by atoms with E-state index in [0.717, 1.165) is 25.2 Å². The minimum atomic E-state index is 0.223. The van der Waals surface area contributed by atoms with Gasteiger partial charge in [0.05, 0.1) is 6.54 Å². The van der Waals surface area contributed by atoms with Crippen molar-refractivity contribution >= 4 is 5.78 Å². The molecule has 0 atom stereocenters. The number of carbonyl (C=O) groups is 1. The number of ketones is 1. The smallest absolute Gasteiger partial charge is 0.176 e. The number of nitrogens with zero attached hydrogens (tertiary/aromatic N) is 2. The molecule has 104 valence electrons. The number of likely N-dealkylation sites (tertiary alicyclic amines) is 1. The molecule has 0 N–H and O–H groups in total. The van der Waals surface area contributed by atoms with Gasteiger partial charge in [-0.25, -0.2) is 0 Å². The molecule has 1 saturated heterocycles. The average Bonchev–Trinajstić information content (AvgIpc) is 2.48. The van der Waals surface area contributed by atoms with Gasteiger partial charge in [0.2, 0.25) is 0 Å². The minimum Gasteiger partial charge on any atom is -0.303 e. The van der Waals surface area contributed by atoms with Gasteiger partial charge in [-0.05, 0) is 39.5 Å². The van der Waals surface area contributed by atoms with Crippen molar-refractivity contribution in [1.82, 2.24) is 9.80 Å². The van der Waals surface area contributed by atoms with Crippen molar-refractivity contribution in [1.29, 1.82) is 0 Å². The molecular formula is C16H24N2O. The van der Waals surface area contributed by atoms with Crippen LogP contribution in [0.25, 0.3) is 0 Å². The highest BCUT2D eigenvalue weighted by Crippen LogP contribution is 2.15. The number of Topliss-reactive ketones (excluding diaryl/α,β-unsaturated/α-hetero) is 1. The van der Waals surface area contributed by atoms with E-state index >= 15 is 0 Å². The van der Waals surface area contributed by atoms with Gasteiger partial charge in [-0.15, -0.1) is 0 Å². The first-order valence-electron chi connectivity index (χ1n) is 7.21. The van der Waals surface area contributed by atoms with Crippen molar-refractivity contribution in [3.8, 4) is 0 Å². The van der Waals surface area contributed by atoms with E-state index in [4.69, 9.17) is 0 Å². The number of hydrogen-bond acceptors (Lipinski definition) is 3. The summed E-state index contributed by atoms with van der Waals surface area (Å²) < 4.78 is 0. The zero-order chi connectivity index (χ0) is 13.7. The number of benzene rings is 1. The third-order valence-electron chi connectivity index (χ3n) is 4.12. The molecule has 0 spiro atoms. The molecule has 1 fully saturated rings. The summed E-state index contributed by atoms with van der Waals surface area (Å²) >= 11 is 0. The van der Waals surface area contributed by atoms with Crippen molar-refractivity contribution in [3.05, 3.63) is 35.9 Å². The Labute approximate surface area is 116 Å². The van der Waals surface area contributed by atoms with Crippen LogP contribution in [-0.2, 0) is 0 Å². The maximum atomic E-state index is 12.2. The highest BCUT2D eigenvalue weighted by Gasteiger charge is 2.22. The van der Waals surface area contributed by atoms with Gasteiger partial charge in [-0.2, -0.15) is 0 Å². The molecule has 19 heavy (non-hydrogen) atoms. The van der Waals surface area contributed by atoms with Gasteiger partial charge in [0, 0.05) is 11.6 Å². The van der Waals surface area contributed by atoms with Crippen LogP contribution in [0.15, 0.2) is 30.3 Å². The molecule has 3 heteroatoms. The molecule has 0 amide bonds. The molecular weight excluding hydrogens is 236 g/mol. The Morgan fingerprint density at radius 3 is 2.47 bits per heavy atom. The van der Waals surface area contributed by atoms with E-state index in [1.165, 1.54) is 12.8 Å². The summed E-state index contributed by atoms with van der Waals surface area (Å²) in [6.45, 7) is 6.19. The van der Waals surface area contributed by atoms with E-state index in [1.54, 1.807) is 0 Å². The van der Waals surface area contributed by atoms with E-state index in [1.807, 2.05) is 30.3 Å². The molecule has 0 aromatic heterocycles. The summed E-state index contributed by atoms with van der Waals surface area (Å²) in [5, 5.41) is 0. The second-order valence-corrected chi connectivity index (χ2v) is 5.37. The molecule has 2 rings (SSSR count). The van der Waals surface area contributed by atoms with Crippen LogP contribution in [0.4, 0.5) is 0 Å². The maximum absolute atomic E-state index is 12.2. The van der Waals surface area contributed by atoms with Gasteiger partial charge in [-0.1, -0.05) is 37.3 Å². The van der Waals surface area contributed by atoms with E-state index in [9.17, 15) is 4.79 Å². The lowest BCUT2D eigenvalue weighted by Gasteiger charge is -2.36. The molecule has 1 aromatic rings. The quantitative estimate of drug-likeness (QED) is 0.759. The fraction of sp³-hybridized carbons (Fsp3) is 0.562. The van der Waals surface area contributed by atoms with Crippen LogP contribution in [0.2, 0.25) is 0 Å². The Bertz CT molecular complexity index is 396. The van der Waals surface area contributed by atoms with E-state index in [2.05, 4.69) is 23.8 Å². The summed E-state index contributed by atoms with van der Waals surface area (Å²) in [6, 6.07) is 10.1. The largest absolute Gasteiger partial charge is 0.303 e. The first-order chi connectivity index (χ1) is 9.20. The van der Waals surface area contributed by atoms with E-state index < -0.39 is 0 Å². The fourth-order valence-electron chi connectivity index (χ4n) is 2.75. The second-order valence-electron chi connectivity index (χ2n) is 5.37. The van der Waals surface area contributed by atoms with Crippen LogP contribution < -0.4 is 0 Å². The highest BCUT2D eigenvalue weighted by molar-refractivity contribution is 5.97. The Balaban J connectivity index is 1.84. The number of hydrogen-bond donors (Lipinski definition) is 0. The summed E-state index contributed by atoms with van der Waals surface area (Å²) in [5.74, 6) is 0.223. The third-order valence-corrected chi connectivity index (χ3v) is 4.12. The summed E-state index contributed by atoms with van der Waals surface area (Å²) in [5.41, 5.74) is 0.820. The zero-order valence-corrected chi connectivity index (χ0v) is 12.0. The topological polar surface area (TPSA) is 23.6 Å². The Morgan fingerprint density at radius 1 is 1.26 bits per heavy atom. The standard InChI is InChI=1S/C16H24N2O/c1-3-18-11-9-15(10-12-18)17(2)13-16(19)14-7-5-4-6-8-14/h4-8,15H,3,9-13H2,1-2H3. The SMILES string of the molecule is CCN1CCC(N(C)CC(=O)c2ccccc2)CC1. The Hall–Kier alpha value is -1.19. The Kier molecular flexibility index (Phi) is 5.11. The van der Waals surface area contributed by atoms with Gasteiger partial charge in [-0.3, -0.25) is 9.69 Å². The predicted molar refractivity (Wildman–Crippen MR) is 78.5 cm³/mol. The lowest BCUT2D eigenvalue weighted by atomic mass is 10.0. The normalized spacial score (nSPS) is 17.8. The van der Waals surface area contributed by atoms with Crippen LogP contribution in [0.1, 0.15) is 30.1 Å². The average molecular weight is 260 g/mol. The number of carbonyl (C=O) groups excluding carboxylic acids is 1. The molecule has 1 heterocycles. The lowest BCUT2D eigenvalue weighted by Crippen LogP contribution is -2.44. The van der Waals surface area contributed by atoms with E-state index in [0.29, 0.717) is 12.6 Å². The van der Waals surface area contributed by atoms with Crippen molar-refractivity contribution in [3.63, 3.8) is 0 Å². The maximum Gasteiger partial charge on any atom is 0.176 e. The van der Waals surface area contributed by atoms with Crippen LogP contribution in [0.3, 0.4) is 0 Å². The van der Waals surface area contributed by atoms with Crippen molar-refractivity contribution < 1.29 is 4.79 Å². The number of rotatable bonds is 5. The van der Waals surface area contributed by atoms with Gasteiger partial charge in [0.25, 0.3) is 0 Å². The molecule has 0 saturated carbocycles. The second kappa shape index (κ2) is 6.83. The third kappa shape index (κ3) is 3.88. The van der Waals surface area contributed by atoms with Gasteiger partial charge < -0.3 is 4.90 Å². The van der Waals surface area contributed by atoms with Crippen molar-refractivity contribution in [2.45, 2.75) is 25.8 Å². The molecule has 0 radical (unpaired) electrons. The van der Waals surface area contributed by atoms with Gasteiger partial charge in [0.1, 0.15) is 0 Å². The van der Waals surface area contributed by atoms with Crippen LogP contribution in [-0.4, -0.2) is 54.9 Å². The lowest BCUT2D eigenvalue weighted by molar-refractivity contribution is 0.0858. The molecule has 0 unspecified atom stereocenters. The van der Waals surface area contributed by atoms with E-state index in [-0.39, 0.29) is 5.78 Å². The van der Waals surface area contributed by atoms with Crippen molar-refractivity contribution in [2.24, 2.45) is 0 Å². The first kappa shape index (κ1) is 14.2. The predicted octanol–water partition coefficient (Wildman–Crippen LogP) is 2.29. The summed E-state index contributed by atoms with van der Waals surface area (Å²) in [4.78, 5) is 16.9. The van der Waals surface area contributed by atoms with Crippen LogP contribution in [0.5, 0.6) is 0 Å². The van der Waals surface area contributed by atoms with Crippen molar-refractivity contribution in [2.75, 3.05) is 33.2 Å². The fourth-order valence-corrected chi connectivity index (χ4v) is 2.75. The van der Waals surface area contributed by atoms with Crippen LogP contribution in [0, 0.1) is 0 Å².